The summed E-state index contributed by atoms with van der Waals surface area (Å²) in [4.78, 5) is 2.69. The minimum absolute atomic E-state index is 0. The molecule has 1 aromatic rings. The highest BCUT2D eigenvalue weighted by molar-refractivity contribution is 5.85. The second-order valence-corrected chi connectivity index (χ2v) is 7.12. The Bertz CT molecular complexity index is 412. The molecular weight excluding hydrogens is 268 g/mol. The Labute approximate surface area is 129 Å². The van der Waals surface area contributed by atoms with E-state index in [2.05, 4.69) is 49.1 Å². The smallest absolute Gasteiger partial charge is 0.0226 e. The summed E-state index contributed by atoms with van der Waals surface area (Å²) < 4.78 is 0. The number of nitrogens with zero attached hydrogens (tertiary/aromatic N) is 1. The van der Waals surface area contributed by atoms with E-state index in [1.165, 1.54) is 31.2 Å². The number of hydrogen-bond donors (Lipinski definition) is 1. The Hall–Kier alpha value is -0.570. The van der Waals surface area contributed by atoms with Crippen molar-refractivity contribution in [1.29, 1.82) is 0 Å². The van der Waals surface area contributed by atoms with Crippen LogP contribution in [0.5, 0.6) is 0 Å². The number of nitrogens with two attached hydrogens (primary N) is 1. The van der Waals surface area contributed by atoms with Crippen LogP contribution in [0.25, 0.3) is 0 Å². The molecule has 0 spiro atoms. The van der Waals surface area contributed by atoms with Crippen LogP contribution >= 0.6 is 12.4 Å². The summed E-state index contributed by atoms with van der Waals surface area (Å²) >= 11 is 0. The van der Waals surface area contributed by atoms with Crippen molar-refractivity contribution in [2.24, 2.45) is 5.73 Å². The van der Waals surface area contributed by atoms with E-state index in [1.807, 2.05) is 0 Å². The molecule has 0 aliphatic carbocycles. The normalized spacial score (nSPS) is 30.1. The third-order valence-electron chi connectivity index (χ3n) is 4.75. The highest BCUT2D eigenvalue weighted by atomic mass is 35.5. The quantitative estimate of drug-likeness (QED) is 0.924. The fourth-order valence-corrected chi connectivity index (χ4v) is 4.00. The van der Waals surface area contributed by atoms with Gasteiger partial charge in [0.25, 0.3) is 0 Å². The van der Waals surface area contributed by atoms with E-state index in [4.69, 9.17) is 5.73 Å². The van der Waals surface area contributed by atoms with Gasteiger partial charge in [-0.05, 0) is 51.0 Å². The number of rotatable bonds is 3. The van der Waals surface area contributed by atoms with Gasteiger partial charge in [-0.25, -0.2) is 0 Å². The molecule has 1 aromatic carbocycles. The van der Waals surface area contributed by atoms with Crippen LogP contribution in [0.3, 0.4) is 0 Å². The van der Waals surface area contributed by atoms with Gasteiger partial charge in [-0.15, -0.1) is 12.4 Å². The topological polar surface area (TPSA) is 29.3 Å². The van der Waals surface area contributed by atoms with Crippen LogP contribution < -0.4 is 5.73 Å². The molecule has 3 heteroatoms. The Kier molecular flexibility index (Phi) is 4.78. The van der Waals surface area contributed by atoms with Crippen molar-refractivity contribution in [1.82, 2.24) is 4.90 Å². The van der Waals surface area contributed by atoms with Gasteiger partial charge >= 0.3 is 0 Å². The van der Waals surface area contributed by atoms with E-state index in [0.717, 1.165) is 24.5 Å². The maximum atomic E-state index is 6.22. The molecule has 3 atom stereocenters. The first kappa shape index (κ1) is 15.8. The van der Waals surface area contributed by atoms with E-state index in [0.29, 0.717) is 0 Å². The van der Waals surface area contributed by atoms with E-state index in [9.17, 15) is 0 Å². The van der Waals surface area contributed by atoms with Crippen LogP contribution in [-0.4, -0.2) is 29.1 Å². The second-order valence-electron chi connectivity index (χ2n) is 7.12. The van der Waals surface area contributed by atoms with Gasteiger partial charge in [-0.2, -0.15) is 0 Å². The molecule has 2 N–H and O–H groups in total. The van der Waals surface area contributed by atoms with Crippen molar-refractivity contribution >= 4 is 12.4 Å². The standard InChI is InChI=1S/C17H26N2.ClH/c1-17(2,18)12-19-15-8-9-16(19)11-14(10-15)13-6-4-3-5-7-13;/h3-7,14-16H,8-12,18H2,1-2H3;1H/t14?,15-,16+;. The molecule has 2 fully saturated rings. The van der Waals surface area contributed by atoms with E-state index in [-0.39, 0.29) is 17.9 Å². The zero-order chi connectivity index (χ0) is 13.5. The predicted molar refractivity (Wildman–Crippen MR) is 87.4 cm³/mol. The number of piperidine rings is 1. The molecule has 2 aliphatic heterocycles. The lowest BCUT2D eigenvalue weighted by Gasteiger charge is -2.42. The molecular formula is C17H27ClN2. The number of hydrogen-bond acceptors (Lipinski definition) is 2. The van der Waals surface area contributed by atoms with Crippen LogP contribution in [0, 0.1) is 0 Å². The van der Waals surface area contributed by atoms with Crippen LogP contribution in [0.2, 0.25) is 0 Å². The minimum Gasteiger partial charge on any atom is -0.324 e. The number of halogens is 1. The molecule has 0 saturated carbocycles. The second kappa shape index (κ2) is 6.05. The molecule has 0 aromatic heterocycles. The SMILES string of the molecule is CC(C)(N)CN1[C@@H]2CC[C@H]1CC(c1ccccc1)C2.Cl. The molecule has 0 amide bonds. The highest BCUT2D eigenvalue weighted by Gasteiger charge is 2.42. The molecule has 3 rings (SSSR count). The Balaban J connectivity index is 0.00000147. The van der Waals surface area contributed by atoms with Gasteiger partial charge in [0.15, 0.2) is 0 Å². The van der Waals surface area contributed by atoms with Crippen molar-refractivity contribution in [3.8, 4) is 0 Å². The minimum atomic E-state index is -0.0690. The van der Waals surface area contributed by atoms with E-state index < -0.39 is 0 Å². The fraction of sp³-hybridized carbons (Fsp3) is 0.647. The molecule has 0 radical (unpaired) electrons. The molecule has 2 nitrogen and oxygen atoms in total. The van der Waals surface area contributed by atoms with Crippen LogP contribution in [0.1, 0.15) is 51.0 Å². The van der Waals surface area contributed by atoms with Crippen LogP contribution in [-0.2, 0) is 0 Å². The van der Waals surface area contributed by atoms with Gasteiger partial charge in [0, 0.05) is 24.2 Å². The lowest BCUT2D eigenvalue weighted by atomic mass is 9.84. The molecule has 2 heterocycles. The Morgan fingerprint density at radius 2 is 1.65 bits per heavy atom. The summed E-state index contributed by atoms with van der Waals surface area (Å²) in [6.45, 7) is 5.34. The molecule has 112 valence electrons. The first-order valence-electron chi connectivity index (χ1n) is 7.62. The van der Waals surface area contributed by atoms with Gasteiger partial charge in [0.2, 0.25) is 0 Å². The van der Waals surface area contributed by atoms with Crippen LogP contribution in [0.4, 0.5) is 0 Å². The summed E-state index contributed by atoms with van der Waals surface area (Å²) in [5, 5.41) is 0. The summed E-state index contributed by atoms with van der Waals surface area (Å²) in [7, 11) is 0. The Morgan fingerprint density at radius 1 is 1.10 bits per heavy atom. The monoisotopic (exact) mass is 294 g/mol. The van der Waals surface area contributed by atoms with Crippen molar-refractivity contribution in [2.75, 3.05) is 6.54 Å². The number of fused-ring (bicyclic) bond motifs is 2. The van der Waals surface area contributed by atoms with Gasteiger partial charge in [-0.1, -0.05) is 30.3 Å². The average molecular weight is 295 g/mol. The number of benzene rings is 1. The van der Waals surface area contributed by atoms with Crippen molar-refractivity contribution in [2.45, 2.75) is 63.1 Å². The largest absolute Gasteiger partial charge is 0.324 e. The van der Waals surface area contributed by atoms with Gasteiger partial charge in [0.1, 0.15) is 0 Å². The van der Waals surface area contributed by atoms with Crippen LogP contribution in [0.15, 0.2) is 30.3 Å². The first-order valence-corrected chi connectivity index (χ1v) is 7.62. The maximum Gasteiger partial charge on any atom is 0.0226 e. The zero-order valence-electron chi connectivity index (χ0n) is 12.6. The third kappa shape index (κ3) is 3.36. The molecule has 2 bridgehead atoms. The summed E-state index contributed by atoms with van der Waals surface area (Å²) in [6.07, 6.45) is 5.36. The lowest BCUT2D eigenvalue weighted by Crippen LogP contribution is -2.52. The van der Waals surface area contributed by atoms with E-state index in [1.54, 1.807) is 0 Å². The summed E-state index contributed by atoms with van der Waals surface area (Å²) in [5.41, 5.74) is 7.69. The van der Waals surface area contributed by atoms with Gasteiger partial charge < -0.3 is 5.73 Å². The lowest BCUT2D eigenvalue weighted by molar-refractivity contribution is 0.104. The van der Waals surface area contributed by atoms with Crippen molar-refractivity contribution in [3.63, 3.8) is 0 Å². The third-order valence-corrected chi connectivity index (χ3v) is 4.75. The summed E-state index contributed by atoms with van der Waals surface area (Å²) in [6, 6.07) is 12.6. The molecule has 2 aliphatic rings. The first-order chi connectivity index (χ1) is 9.03. The maximum absolute atomic E-state index is 6.22. The highest BCUT2D eigenvalue weighted by Crippen LogP contribution is 2.43. The van der Waals surface area contributed by atoms with Crippen molar-refractivity contribution < 1.29 is 0 Å². The van der Waals surface area contributed by atoms with Crippen molar-refractivity contribution in [3.05, 3.63) is 35.9 Å². The molecule has 20 heavy (non-hydrogen) atoms. The Morgan fingerprint density at radius 3 is 2.15 bits per heavy atom. The van der Waals surface area contributed by atoms with Gasteiger partial charge in [0.05, 0.1) is 0 Å². The average Bonchev–Trinajstić information content (AvgIpc) is 2.61. The predicted octanol–water partition coefficient (Wildman–Crippen LogP) is 3.56. The summed E-state index contributed by atoms with van der Waals surface area (Å²) in [5.74, 6) is 0.760. The zero-order valence-corrected chi connectivity index (χ0v) is 13.4. The van der Waals surface area contributed by atoms with Gasteiger partial charge in [-0.3, -0.25) is 4.90 Å². The molecule has 2 saturated heterocycles. The fourth-order valence-electron chi connectivity index (χ4n) is 4.00. The van der Waals surface area contributed by atoms with E-state index >= 15 is 0 Å². The molecule has 1 unspecified atom stereocenters.